The number of ether oxygens (including phenoxy) is 10. The smallest absolute Gasteiger partial charge is 0.416 e. The highest BCUT2D eigenvalue weighted by Crippen LogP contribution is 2.44. The molecule has 2 unspecified atom stereocenters. The normalized spacial score (nSPS) is 25.6. The van der Waals surface area contributed by atoms with Crippen molar-refractivity contribution in [1.29, 1.82) is 0 Å². The van der Waals surface area contributed by atoms with E-state index in [1.165, 1.54) is 71.5 Å². The Kier molecular flexibility index (Phi) is 21.9. The average Bonchev–Trinajstić information content (AvgIpc) is 1.63. The minimum Gasteiger partial charge on any atom is -0.493 e. The molecule has 4 saturated heterocycles. The molecule has 0 radical (unpaired) electrons. The number of benzene rings is 4. The van der Waals surface area contributed by atoms with Gasteiger partial charge in [-0.2, -0.15) is 0 Å². The Morgan fingerprint density at radius 3 is 1.57 bits per heavy atom. The number of anilines is 2. The van der Waals surface area contributed by atoms with Gasteiger partial charge in [0, 0.05) is 31.6 Å². The first kappa shape index (κ1) is 69.3. The topological polar surface area (TPSA) is 405 Å². The number of carbonyl (C=O) groups excluding carboxylic acids is 6. The van der Waals surface area contributed by atoms with Crippen molar-refractivity contribution >= 4 is 47.1 Å². The second-order valence-corrected chi connectivity index (χ2v) is 23.8. The second kappa shape index (κ2) is 30.1. The quantitative estimate of drug-likeness (QED) is 0.0129. The van der Waals surface area contributed by atoms with Crippen LogP contribution in [0.1, 0.15) is 103 Å². The summed E-state index contributed by atoms with van der Waals surface area (Å²) in [6.07, 6.45) is -15.6. The number of nitrogens with zero attached hydrogens (tertiary/aromatic N) is 4. The molecule has 0 spiro atoms. The molecule has 0 aliphatic carbocycles. The zero-order valence-electron chi connectivity index (χ0n) is 52.3. The number of hydrogen-bond donors (Lipinski definition) is 9. The maximum absolute atomic E-state index is 14.4. The highest BCUT2D eigenvalue weighted by molar-refractivity contribution is 6.07. The van der Waals surface area contributed by atoms with Gasteiger partial charge in [-0.3, -0.25) is 14.4 Å². The number of aliphatic hydroxyl groups is 8. The summed E-state index contributed by atoms with van der Waals surface area (Å²) in [5.74, 6) is 3.27. The third-order valence-corrected chi connectivity index (χ3v) is 17.2. The van der Waals surface area contributed by atoms with E-state index in [0.717, 1.165) is 16.9 Å². The molecule has 0 bridgehead atoms. The van der Waals surface area contributed by atoms with Crippen LogP contribution >= 0.6 is 0 Å². The zero-order chi connectivity index (χ0) is 68.1. The Morgan fingerprint density at radius 1 is 0.579 bits per heavy atom. The summed E-state index contributed by atoms with van der Waals surface area (Å²) in [6, 6.07) is 12.4. The third-order valence-electron chi connectivity index (χ3n) is 17.2. The number of aryl methyl sites for hydroxylation is 1. The second-order valence-electron chi connectivity index (χ2n) is 23.8. The summed E-state index contributed by atoms with van der Waals surface area (Å²) in [5, 5.41) is 85.3. The number of hydrogen-bond acceptors (Lipinski definition) is 26. The standard InChI is InChI=1S/C65H77N5O25/c1-32-18-43-59(80)69(64(83)91-28-35-11-13-48(39(21-35)45(71)10-9-17-93-66)94-62-55(76)53(74)46(72)30-89-62)41-24-50(34(3)20-37(41)57(78)67(43)26-32)87-15-7-6-8-16-88-52-25-42-38(23-51(52)85-4)58(79)68-27-33(2)19-44(68)60(81)70(42)65(84)92-29-36-12-14-49(40(22-36)61(82)86-5)95-63-56(77)54(75)47(73)31-90-63/h11-14,20-25,43-44,46-47,53-56,59-60,62-63,72-77,80-81H,1-2,6-10,15-19,26-31,66H2,3-5H3/t43-,44-,46+,47+,53-,54-,55+,56+,59?,60?,62-,63-/m0/s1. The van der Waals surface area contributed by atoms with Gasteiger partial charge in [0.1, 0.15) is 72.6 Å². The average molecular weight is 1330 g/mol. The summed E-state index contributed by atoms with van der Waals surface area (Å²) in [5.41, 5.74) is 2.25. The van der Waals surface area contributed by atoms with Crippen molar-refractivity contribution in [3.63, 3.8) is 0 Å². The van der Waals surface area contributed by atoms with Crippen LogP contribution in [0.3, 0.4) is 0 Å². The molecule has 0 saturated carbocycles. The molecule has 30 nitrogen and oxygen atoms in total. The van der Waals surface area contributed by atoms with Gasteiger partial charge < -0.3 is 103 Å². The fourth-order valence-electron chi connectivity index (χ4n) is 12.0. The maximum Gasteiger partial charge on any atom is 0.416 e. The van der Waals surface area contributed by atoms with E-state index in [1.54, 1.807) is 13.0 Å². The molecule has 6 aliphatic rings. The first-order valence-electron chi connectivity index (χ1n) is 30.7. The summed E-state index contributed by atoms with van der Waals surface area (Å²) >= 11 is 0. The summed E-state index contributed by atoms with van der Waals surface area (Å²) < 4.78 is 57.1. The number of fused-ring (bicyclic) bond motifs is 4. The van der Waals surface area contributed by atoms with Crippen molar-refractivity contribution in [3.8, 4) is 28.7 Å². The number of unbranched alkanes of at least 4 members (excludes halogenated alkanes) is 2. The van der Waals surface area contributed by atoms with E-state index >= 15 is 0 Å². The van der Waals surface area contributed by atoms with Gasteiger partial charge in [-0.05, 0) is 98.5 Å². The SMILES string of the molecule is C=C1C[C@H]2C(O)N(C(=O)OCc3ccc(O[C@@H]4OC[C@@H](O)[C@H](O)[C@H]4O)c(C(=O)CCCON)c3)c3cc(OCCCCCOc4cc5c(cc4OC)C(=O)N4CC(=C)C[C@H]4C(O)N5C(=O)OCc4ccc(O[C@@H]5OC[C@@H](O)[C@H](O)[C@H]5O)c(C(=O)OC)c4)c(C)cc3C(=O)N2C1. The van der Waals surface area contributed by atoms with Gasteiger partial charge in [-0.1, -0.05) is 36.4 Å². The highest BCUT2D eigenvalue weighted by Gasteiger charge is 2.49. The Hall–Kier alpha value is -8.50. The van der Waals surface area contributed by atoms with Crippen molar-refractivity contribution < 1.29 is 122 Å². The van der Waals surface area contributed by atoms with E-state index in [0.29, 0.717) is 47.3 Å². The Morgan fingerprint density at radius 2 is 1.06 bits per heavy atom. The van der Waals surface area contributed by atoms with Gasteiger partial charge >= 0.3 is 18.2 Å². The van der Waals surface area contributed by atoms with Crippen LogP contribution in [0, 0.1) is 6.92 Å². The molecule has 4 amide bonds. The molecule has 4 aromatic rings. The van der Waals surface area contributed by atoms with Crippen molar-refractivity contribution in [2.24, 2.45) is 5.90 Å². The van der Waals surface area contributed by atoms with Gasteiger partial charge in [-0.25, -0.2) is 30.1 Å². The fourth-order valence-corrected chi connectivity index (χ4v) is 12.0. The molecule has 10 N–H and O–H groups in total. The molecular formula is C65H77N5O25. The summed E-state index contributed by atoms with van der Waals surface area (Å²) in [7, 11) is 2.50. The predicted octanol–water partition coefficient (Wildman–Crippen LogP) is 2.40. The van der Waals surface area contributed by atoms with Crippen molar-refractivity contribution in [2.75, 3.05) is 70.1 Å². The Bertz CT molecular complexity index is 3570. The van der Waals surface area contributed by atoms with Crippen LogP contribution in [-0.4, -0.2) is 220 Å². The monoisotopic (exact) mass is 1330 g/mol. The largest absolute Gasteiger partial charge is 0.493 e. The number of carbonyl (C=O) groups is 6. The number of aliphatic hydroxyl groups excluding tert-OH is 8. The lowest BCUT2D eigenvalue weighted by molar-refractivity contribution is -0.242. The number of esters is 1. The van der Waals surface area contributed by atoms with Gasteiger partial charge in [0.05, 0.1) is 87.4 Å². The van der Waals surface area contributed by atoms with Gasteiger partial charge in [-0.15, -0.1) is 0 Å². The zero-order valence-corrected chi connectivity index (χ0v) is 52.3. The molecule has 30 heteroatoms. The van der Waals surface area contributed by atoms with Crippen LogP contribution in [0.5, 0.6) is 28.7 Å². The molecule has 4 fully saturated rings. The Balaban J connectivity index is 0.804. The molecule has 0 aromatic heterocycles. The maximum atomic E-state index is 14.4. The van der Waals surface area contributed by atoms with Crippen LogP contribution < -0.4 is 39.4 Å². The molecule has 95 heavy (non-hydrogen) atoms. The van der Waals surface area contributed by atoms with E-state index in [-0.39, 0.29) is 134 Å². The first-order chi connectivity index (χ1) is 45.5. The van der Waals surface area contributed by atoms with Gasteiger partial charge in [0.2, 0.25) is 12.6 Å². The van der Waals surface area contributed by atoms with E-state index in [4.69, 9.17) is 53.3 Å². The van der Waals surface area contributed by atoms with Crippen LogP contribution in [0.15, 0.2) is 85.0 Å². The van der Waals surface area contributed by atoms with E-state index < -0.39 is 123 Å². The summed E-state index contributed by atoms with van der Waals surface area (Å²) in [6.45, 7) is 8.68. The molecule has 12 atom stereocenters. The molecule has 6 aliphatic heterocycles. The number of ketones is 1. The first-order valence-corrected chi connectivity index (χ1v) is 30.7. The van der Waals surface area contributed by atoms with Crippen molar-refractivity contribution in [2.45, 2.75) is 139 Å². The lowest BCUT2D eigenvalue weighted by atomic mass is 10.0. The number of rotatable bonds is 23. The highest BCUT2D eigenvalue weighted by atomic mass is 16.7. The lowest BCUT2D eigenvalue weighted by Gasteiger charge is -2.35. The molecule has 4 aromatic carbocycles. The van der Waals surface area contributed by atoms with E-state index in [2.05, 4.69) is 18.0 Å². The van der Waals surface area contributed by atoms with Crippen LogP contribution in [-0.2, 0) is 41.7 Å². The lowest BCUT2D eigenvalue weighted by Crippen LogP contribution is -2.54. The van der Waals surface area contributed by atoms with Crippen molar-refractivity contribution in [3.05, 3.63) is 124 Å². The summed E-state index contributed by atoms with van der Waals surface area (Å²) in [4.78, 5) is 93.3. The molecule has 10 rings (SSSR count). The van der Waals surface area contributed by atoms with E-state index in [1.807, 2.05) is 0 Å². The predicted molar refractivity (Wildman–Crippen MR) is 328 cm³/mol. The number of nitrogens with two attached hydrogens (primary N) is 1. The van der Waals surface area contributed by atoms with Gasteiger partial charge in [0.25, 0.3) is 11.8 Å². The van der Waals surface area contributed by atoms with E-state index in [9.17, 15) is 69.6 Å². The molecule has 6 heterocycles. The fraction of sp³-hybridized carbons (Fsp3) is 0.477. The number of amides is 4. The number of methoxy groups -OCH3 is 2. The Labute approximate surface area is 544 Å². The van der Waals surface area contributed by atoms with Gasteiger partial charge in [0.15, 0.2) is 29.7 Å². The van der Waals surface area contributed by atoms with Crippen molar-refractivity contribution in [1.82, 2.24) is 9.80 Å². The van der Waals surface area contributed by atoms with Crippen LogP contribution in [0.25, 0.3) is 0 Å². The minimum atomic E-state index is -1.68. The van der Waals surface area contributed by atoms with Crippen LogP contribution in [0.2, 0.25) is 0 Å². The third kappa shape index (κ3) is 14.8. The molecular weight excluding hydrogens is 1250 g/mol. The van der Waals surface area contributed by atoms with Crippen LogP contribution in [0.4, 0.5) is 21.0 Å². The molecule has 512 valence electrons. The minimum absolute atomic E-state index is 0.00304. The number of Topliss-reactive ketones (excluding diaryl/α,β-unsaturated/α-hetero) is 1.